The quantitative estimate of drug-likeness (QED) is 0.770. The van der Waals surface area contributed by atoms with Gasteiger partial charge in [-0.25, -0.2) is 8.42 Å². The molecule has 1 aliphatic rings. The lowest BCUT2D eigenvalue weighted by atomic mass is 9.95. The third-order valence-electron chi connectivity index (χ3n) is 4.32. The topological polar surface area (TPSA) is 63.4 Å². The summed E-state index contributed by atoms with van der Waals surface area (Å²) in [6.07, 6.45) is 1.90. The Kier molecular flexibility index (Phi) is 6.81. The maximum atomic E-state index is 12.9. The van der Waals surface area contributed by atoms with Gasteiger partial charge in [-0.05, 0) is 30.0 Å². The first-order valence-corrected chi connectivity index (χ1v) is 10.6. The van der Waals surface area contributed by atoms with Gasteiger partial charge >= 0.3 is 0 Å². The number of nitrogens with two attached hydrogens (primary N) is 1. The van der Waals surface area contributed by atoms with Crippen LogP contribution >= 0.6 is 35.8 Å². The average Bonchev–Trinajstić information content (AvgIpc) is 2.98. The van der Waals surface area contributed by atoms with Crippen molar-refractivity contribution in [2.45, 2.75) is 21.8 Å². The summed E-state index contributed by atoms with van der Waals surface area (Å²) in [4.78, 5) is 1.07. The van der Waals surface area contributed by atoms with Crippen LogP contribution in [-0.4, -0.2) is 38.1 Å². The Bertz CT molecular complexity index is 832. The summed E-state index contributed by atoms with van der Waals surface area (Å²) in [6, 6.07) is 14.5. The molecule has 1 heterocycles. The molecule has 0 saturated carbocycles. The maximum Gasteiger partial charge on any atom is 0.243 e. The number of hydrogen-bond donors (Lipinski definition) is 1. The van der Waals surface area contributed by atoms with Gasteiger partial charge in [0.1, 0.15) is 0 Å². The van der Waals surface area contributed by atoms with E-state index in [1.165, 1.54) is 22.1 Å². The van der Waals surface area contributed by atoms with Crippen molar-refractivity contribution in [3.8, 4) is 0 Å². The highest BCUT2D eigenvalue weighted by molar-refractivity contribution is 7.98. The highest BCUT2D eigenvalue weighted by Crippen LogP contribution is 2.33. The summed E-state index contributed by atoms with van der Waals surface area (Å²) in [6.45, 7) is 0.694. The Morgan fingerprint density at radius 3 is 2.44 bits per heavy atom. The lowest BCUT2D eigenvalue weighted by Crippen LogP contribution is -2.32. The van der Waals surface area contributed by atoms with Gasteiger partial charge in [-0.15, -0.1) is 24.2 Å². The molecule has 2 aromatic rings. The fourth-order valence-corrected chi connectivity index (χ4v) is 5.46. The van der Waals surface area contributed by atoms with Crippen molar-refractivity contribution in [2.75, 3.05) is 19.3 Å². The molecule has 8 heteroatoms. The van der Waals surface area contributed by atoms with Crippen molar-refractivity contribution in [3.63, 3.8) is 0 Å². The molecule has 0 unspecified atom stereocenters. The van der Waals surface area contributed by atoms with Gasteiger partial charge in [0.05, 0.1) is 9.92 Å². The minimum atomic E-state index is -3.60. The van der Waals surface area contributed by atoms with Gasteiger partial charge in [0.25, 0.3) is 0 Å². The molecule has 0 radical (unpaired) electrons. The minimum Gasteiger partial charge on any atom is -0.326 e. The van der Waals surface area contributed by atoms with Crippen LogP contribution in [0.2, 0.25) is 5.02 Å². The van der Waals surface area contributed by atoms with Crippen molar-refractivity contribution in [2.24, 2.45) is 5.73 Å². The first kappa shape index (κ1) is 20.6. The van der Waals surface area contributed by atoms with Crippen LogP contribution in [0.3, 0.4) is 0 Å². The van der Waals surface area contributed by atoms with E-state index in [9.17, 15) is 8.42 Å². The molecule has 0 spiro atoms. The monoisotopic (exact) mass is 418 g/mol. The number of sulfonamides is 1. The molecule has 3 rings (SSSR count). The Balaban J connectivity index is 0.00000225. The number of nitrogens with zero attached hydrogens (tertiary/aromatic N) is 1. The van der Waals surface area contributed by atoms with Crippen LogP contribution < -0.4 is 5.73 Å². The van der Waals surface area contributed by atoms with Crippen molar-refractivity contribution in [1.82, 2.24) is 4.31 Å². The molecule has 1 saturated heterocycles. The van der Waals surface area contributed by atoms with E-state index < -0.39 is 10.0 Å². The fourth-order valence-electron chi connectivity index (χ4n) is 3.00. The molecule has 0 aromatic heterocycles. The van der Waals surface area contributed by atoms with Gasteiger partial charge in [-0.3, -0.25) is 0 Å². The van der Waals surface area contributed by atoms with Crippen LogP contribution in [0.1, 0.15) is 11.5 Å². The molecule has 25 heavy (non-hydrogen) atoms. The van der Waals surface area contributed by atoms with Crippen LogP contribution in [0, 0.1) is 0 Å². The van der Waals surface area contributed by atoms with Gasteiger partial charge in [-0.1, -0.05) is 41.9 Å². The molecular weight excluding hydrogens is 399 g/mol. The molecule has 0 amide bonds. The summed E-state index contributed by atoms with van der Waals surface area (Å²) in [5, 5.41) is 0.451. The van der Waals surface area contributed by atoms with Crippen LogP contribution in [-0.2, 0) is 10.0 Å². The Morgan fingerprint density at radius 2 is 1.84 bits per heavy atom. The average molecular weight is 419 g/mol. The van der Waals surface area contributed by atoms with Gasteiger partial charge < -0.3 is 5.73 Å². The highest BCUT2D eigenvalue weighted by atomic mass is 35.5. The normalized spacial score (nSPS) is 21.1. The highest BCUT2D eigenvalue weighted by Gasteiger charge is 2.38. The second kappa shape index (κ2) is 8.29. The zero-order valence-corrected chi connectivity index (χ0v) is 16.8. The lowest BCUT2D eigenvalue weighted by Gasteiger charge is -2.17. The van der Waals surface area contributed by atoms with E-state index in [0.29, 0.717) is 18.1 Å². The molecule has 0 bridgehead atoms. The van der Waals surface area contributed by atoms with Crippen molar-refractivity contribution in [1.29, 1.82) is 0 Å². The summed E-state index contributed by atoms with van der Waals surface area (Å²) in [7, 11) is -3.60. The fraction of sp³-hybridized carbons (Fsp3) is 0.294. The Labute approximate surface area is 164 Å². The summed E-state index contributed by atoms with van der Waals surface area (Å²) < 4.78 is 27.3. The van der Waals surface area contributed by atoms with E-state index in [0.717, 1.165) is 10.5 Å². The van der Waals surface area contributed by atoms with Crippen LogP contribution in [0.5, 0.6) is 0 Å². The molecule has 4 nitrogen and oxygen atoms in total. The predicted molar refractivity (Wildman–Crippen MR) is 106 cm³/mol. The zero-order chi connectivity index (χ0) is 17.3. The third kappa shape index (κ3) is 4.15. The van der Waals surface area contributed by atoms with Crippen molar-refractivity contribution in [3.05, 3.63) is 59.1 Å². The molecular formula is C17H20Cl2N2O2S2. The van der Waals surface area contributed by atoms with E-state index in [2.05, 4.69) is 0 Å². The summed E-state index contributed by atoms with van der Waals surface area (Å²) in [5.41, 5.74) is 7.28. The smallest absolute Gasteiger partial charge is 0.243 e. The molecule has 136 valence electrons. The Morgan fingerprint density at radius 1 is 1.16 bits per heavy atom. The predicted octanol–water partition coefficient (Wildman–Crippen LogP) is 3.60. The SMILES string of the molecule is CSc1ccc(S(=O)(=O)N2C[C@@H](N)[C@H](c3ccccc3)C2)cc1Cl.Cl. The summed E-state index contributed by atoms with van der Waals surface area (Å²) in [5.74, 6) is 0.00178. The molecule has 1 fully saturated rings. The second-order valence-electron chi connectivity index (χ2n) is 5.80. The zero-order valence-electron chi connectivity index (χ0n) is 13.6. The Hall–Kier alpha value is -0.760. The number of halogens is 2. The standard InChI is InChI=1S/C17H19ClN2O2S2.ClH/c1-23-17-8-7-13(9-15(17)18)24(21,22)20-10-14(16(19)11-20)12-5-3-2-4-6-12;/h2-9,14,16H,10-11,19H2,1H3;1H/t14-,16+;/m0./s1. The van der Waals surface area contributed by atoms with Crippen LogP contribution in [0.25, 0.3) is 0 Å². The maximum absolute atomic E-state index is 12.9. The van der Waals surface area contributed by atoms with E-state index in [1.54, 1.807) is 12.1 Å². The molecule has 0 aliphatic carbocycles. The van der Waals surface area contributed by atoms with Crippen molar-refractivity contribution >= 4 is 45.8 Å². The number of rotatable bonds is 4. The second-order valence-corrected chi connectivity index (χ2v) is 8.99. The molecule has 2 atom stereocenters. The van der Waals surface area contributed by atoms with E-state index >= 15 is 0 Å². The lowest BCUT2D eigenvalue weighted by molar-refractivity contribution is 0.470. The van der Waals surface area contributed by atoms with E-state index in [1.807, 2.05) is 36.6 Å². The number of hydrogen-bond acceptors (Lipinski definition) is 4. The van der Waals surface area contributed by atoms with Gasteiger partial charge in [0, 0.05) is 29.9 Å². The van der Waals surface area contributed by atoms with Gasteiger partial charge in [0.2, 0.25) is 10.0 Å². The van der Waals surface area contributed by atoms with Gasteiger partial charge in [0.15, 0.2) is 0 Å². The molecule has 1 aliphatic heterocycles. The number of thioether (sulfide) groups is 1. The molecule has 2 N–H and O–H groups in total. The largest absolute Gasteiger partial charge is 0.326 e. The first-order chi connectivity index (χ1) is 11.4. The van der Waals surface area contributed by atoms with Crippen molar-refractivity contribution < 1.29 is 8.42 Å². The first-order valence-electron chi connectivity index (χ1n) is 7.57. The van der Waals surface area contributed by atoms with Crippen LogP contribution in [0.15, 0.2) is 58.3 Å². The third-order valence-corrected chi connectivity index (χ3v) is 7.37. The van der Waals surface area contributed by atoms with E-state index in [4.69, 9.17) is 17.3 Å². The van der Waals surface area contributed by atoms with E-state index in [-0.39, 0.29) is 29.3 Å². The summed E-state index contributed by atoms with van der Waals surface area (Å²) >= 11 is 7.65. The molecule has 2 aromatic carbocycles. The number of benzene rings is 2. The van der Waals surface area contributed by atoms with Crippen LogP contribution in [0.4, 0.5) is 0 Å². The van der Waals surface area contributed by atoms with Gasteiger partial charge in [-0.2, -0.15) is 4.31 Å². The minimum absolute atomic E-state index is 0.